The lowest BCUT2D eigenvalue weighted by atomic mass is 10.0. The minimum atomic E-state index is -0.143. The van der Waals surface area contributed by atoms with Crippen LogP contribution in [-0.4, -0.2) is 12.1 Å². The Morgan fingerprint density at radius 1 is 0.958 bits per heavy atom. The number of halogens is 2. The zero-order valence-corrected chi connectivity index (χ0v) is 15.8. The number of amides is 1. The van der Waals surface area contributed by atoms with Gasteiger partial charge in [0.05, 0.1) is 12.6 Å². The Hall–Kier alpha value is -1.98. The second-order valence-corrected chi connectivity index (χ2v) is 7.04. The van der Waals surface area contributed by atoms with Crippen LogP contribution in [0.3, 0.4) is 0 Å². The molecule has 0 saturated heterocycles. The molecule has 0 unspecified atom stereocenters. The molecule has 0 saturated carbocycles. The van der Waals surface area contributed by atoms with Crippen LogP contribution in [0.4, 0.5) is 0 Å². The summed E-state index contributed by atoms with van der Waals surface area (Å²) >= 11 is 6.92. The van der Waals surface area contributed by atoms with Crippen molar-refractivity contribution in [3.8, 4) is 0 Å². The molecule has 3 aromatic rings. The van der Waals surface area contributed by atoms with E-state index in [1.807, 2.05) is 60.7 Å². The summed E-state index contributed by atoms with van der Waals surface area (Å²) in [6, 6.07) is 19.6. The molecule has 0 radical (unpaired) electrons. The van der Waals surface area contributed by atoms with Crippen molar-refractivity contribution in [1.29, 1.82) is 0 Å². The molecular formula is C19H14Br2N2O. The summed E-state index contributed by atoms with van der Waals surface area (Å²) in [6.07, 6.45) is 1.91. The highest BCUT2D eigenvalue weighted by Gasteiger charge is 2.08. The molecule has 3 rings (SSSR count). The van der Waals surface area contributed by atoms with E-state index in [2.05, 4.69) is 42.4 Å². The van der Waals surface area contributed by atoms with E-state index in [1.165, 1.54) is 0 Å². The Labute approximate surface area is 157 Å². The number of nitrogens with one attached hydrogen (secondary N) is 1. The predicted molar refractivity (Wildman–Crippen MR) is 105 cm³/mol. The number of nitrogens with zero attached hydrogens (tertiary/aromatic N) is 1. The molecule has 24 heavy (non-hydrogen) atoms. The van der Waals surface area contributed by atoms with Gasteiger partial charge in [0.1, 0.15) is 0 Å². The van der Waals surface area contributed by atoms with Crippen LogP contribution < -0.4 is 5.43 Å². The van der Waals surface area contributed by atoms with E-state index >= 15 is 0 Å². The SMILES string of the molecule is O=C(Cc1ccc(Br)c2ccccc12)NN=Cc1ccc(Br)cc1. The first-order valence-corrected chi connectivity index (χ1v) is 8.96. The molecule has 120 valence electrons. The summed E-state index contributed by atoms with van der Waals surface area (Å²) in [7, 11) is 0. The third-order valence-electron chi connectivity index (χ3n) is 3.59. The van der Waals surface area contributed by atoms with Gasteiger partial charge in [-0.25, -0.2) is 5.43 Å². The highest BCUT2D eigenvalue weighted by molar-refractivity contribution is 9.11. The Balaban J connectivity index is 1.69. The Bertz CT molecular complexity index is 905. The first-order valence-electron chi connectivity index (χ1n) is 7.37. The number of benzene rings is 3. The molecule has 0 aromatic heterocycles. The quantitative estimate of drug-likeness (QED) is 0.442. The van der Waals surface area contributed by atoms with Gasteiger partial charge in [-0.05, 0) is 40.1 Å². The molecule has 1 amide bonds. The van der Waals surface area contributed by atoms with Gasteiger partial charge >= 0.3 is 0 Å². The highest BCUT2D eigenvalue weighted by Crippen LogP contribution is 2.27. The Kier molecular flexibility index (Phi) is 5.43. The topological polar surface area (TPSA) is 41.5 Å². The summed E-state index contributed by atoms with van der Waals surface area (Å²) in [4.78, 5) is 12.1. The normalized spacial score (nSPS) is 11.1. The monoisotopic (exact) mass is 444 g/mol. The summed E-state index contributed by atoms with van der Waals surface area (Å²) in [6.45, 7) is 0. The summed E-state index contributed by atoms with van der Waals surface area (Å²) < 4.78 is 2.03. The lowest BCUT2D eigenvalue weighted by Gasteiger charge is -2.07. The molecule has 0 aliphatic carbocycles. The van der Waals surface area contributed by atoms with Crippen LogP contribution in [0.5, 0.6) is 0 Å². The fraction of sp³-hybridized carbons (Fsp3) is 0.0526. The van der Waals surface area contributed by atoms with Crippen LogP contribution in [0.1, 0.15) is 11.1 Å². The molecule has 0 aliphatic rings. The standard InChI is InChI=1S/C19H14Br2N2O/c20-15-8-5-13(6-9-15)12-22-23-19(24)11-14-7-10-18(21)17-4-2-1-3-16(14)17/h1-10,12H,11H2,(H,23,24). The predicted octanol–water partition coefficient (Wildman–Crippen LogP) is 5.06. The van der Waals surface area contributed by atoms with Crippen molar-refractivity contribution in [2.75, 3.05) is 0 Å². The van der Waals surface area contributed by atoms with Crippen molar-refractivity contribution in [3.05, 3.63) is 80.7 Å². The number of carbonyl (C=O) groups excluding carboxylic acids is 1. The van der Waals surface area contributed by atoms with Crippen molar-refractivity contribution < 1.29 is 4.79 Å². The lowest BCUT2D eigenvalue weighted by molar-refractivity contribution is -0.120. The largest absolute Gasteiger partial charge is 0.273 e. The van der Waals surface area contributed by atoms with Crippen LogP contribution >= 0.6 is 31.9 Å². The van der Waals surface area contributed by atoms with Gasteiger partial charge < -0.3 is 0 Å². The van der Waals surface area contributed by atoms with Gasteiger partial charge in [-0.2, -0.15) is 5.10 Å². The third kappa shape index (κ3) is 4.10. The summed E-state index contributed by atoms with van der Waals surface area (Å²) in [5, 5.41) is 6.18. The van der Waals surface area contributed by atoms with Crippen LogP contribution in [0, 0.1) is 0 Å². The van der Waals surface area contributed by atoms with Gasteiger partial charge in [0.25, 0.3) is 0 Å². The molecular weight excluding hydrogens is 432 g/mol. The number of hydrogen-bond donors (Lipinski definition) is 1. The zero-order chi connectivity index (χ0) is 16.9. The smallest absolute Gasteiger partial charge is 0.244 e. The third-order valence-corrected chi connectivity index (χ3v) is 4.81. The Morgan fingerprint density at radius 3 is 2.42 bits per heavy atom. The van der Waals surface area contributed by atoms with Gasteiger partial charge in [-0.15, -0.1) is 0 Å². The van der Waals surface area contributed by atoms with E-state index in [0.717, 1.165) is 30.8 Å². The van der Waals surface area contributed by atoms with E-state index in [-0.39, 0.29) is 12.3 Å². The summed E-state index contributed by atoms with van der Waals surface area (Å²) in [5.74, 6) is -0.143. The van der Waals surface area contributed by atoms with Crippen LogP contribution in [0.2, 0.25) is 0 Å². The van der Waals surface area contributed by atoms with Crippen LogP contribution in [-0.2, 0) is 11.2 Å². The number of carbonyl (C=O) groups is 1. The Morgan fingerprint density at radius 2 is 1.67 bits per heavy atom. The van der Waals surface area contributed by atoms with E-state index in [4.69, 9.17) is 0 Å². The number of rotatable bonds is 4. The molecule has 0 fully saturated rings. The second-order valence-electron chi connectivity index (χ2n) is 5.27. The van der Waals surface area contributed by atoms with Crippen LogP contribution in [0.15, 0.2) is 74.7 Å². The average molecular weight is 446 g/mol. The minimum absolute atomic E-state index is 0.143. The fourth-order valence-corrected chi connectivity index (χ4v) is 3.16. The molecule has 0 spiro atoms. The van der Waals surface area contributed by atoms with E-state index in [1.54, 1.807) is 6.21 Å². The van der Waals surface area contributed by atoms with Crippen LogP contribution in [0.25, 0.3) is 10.8 Å². The van der Waals surface area contributed by atoms with E-state index in [9.17, 15) is 4.79 Å². The lowest BCUT2D eigenvalue weighted by Crippen LogP contribution is -2.19. The van der Waals surface area contributed by atoms with Crippen molar-refractivity contribution in [2.24, 2.45) is 5.10 Å². The molecule has 3 aromatic carbocycles. The van der Waals surface area contributed by atoms with Crippen molar-refractivity contribution in [1.82, 2.24) is 5.43 Å². The molecule has 0 aliphatic heterocycles. The maximum Gasteiger partial charge on any atom is 0.244 e. The average Bonchev–Trinajstić information content (AvgIpc) is 2.59. The first kappa shape index (κ1) is 16.9. The fourth-order valence-electron chi connectivity index (χ4n) is 2.42. The molecule has 1 N–H and O–H groups in total. The molecule has 5 heteroatoms. The van der Waals surface area contributed by atoms with Crippen molar-refractivity contribution in [2.45, 2.75) is 6.42 Å². The zero-order valence-electron chi connectivity index (χ0n) is 12.7. The van der Waals surface area contributed by atoms with E-state index in [0.29, 0.717) is 0 Å². The number of hydrogen-bond acceptors (Lipinski definition) is 2. The second kappa shape index (κ2) is 7.73. The number of fused-ring (bicyclic) bond motifs is 1. The van der Waals surface area contributed by atoms with E-state index < -0.39 is 0 Å². The molecule has 0 atom stereocenters. The van der Waals surface area contributed by atoms with Crippen molar-refractivity contribution in [3.63, 3.8) is 0 Å². The van der Waals surface area contributed by atoms with Gasteiger partial charge in [-0.1, -0.05) is 74.3 Å². The maximum atomic E-state index is 12.1. The first-order chi connectivity index (χ1) is 11.6. The summed E-state index contributed by atoms with van der Waals surface area (Å²) in [5.41, 5.74) is 4.48. The van der Waals surface area contributed by atoms with Gasteiger partial charge in [0.15, 0.2) is 0 Å². The number of hydrazone groups is 1. The minimum Gasteiger partial charge on any atom is -0.273 e. The van der Waals surface area contributed by atoms with Gasteiger partial charge in [0.2, 0.25) is 5.91 Å². The molecule has 0 bridgehead atoms. The molecule has 3 nitrogen and oxygen atoms in total. The van der Waals surface area contributed by atoms with Crippen molar-refractivity contribution >= 4 is 54.8 Å². The highest BCUT2D eigenvalue weighted by atomic mass is 79.9. The van der Waals surface area contributed by atoms with Gasteiger partial charge in [0, 0.05) is 8.95 Å². The van der Waals surface area contributed by atoms with Gasteiger partial charge in [-0.3, -0.25) is 4.79 Å². The molecule has 0 heterocycles. The maximum absolute atomic E-state index is 12.1.